The number of carboxylic acids is 1. The predicted octanol–water partition coefficient (Wildman–Crippen LogP) is 2.74. The molecule has 3 rings (SSSR count). The van der Waals surface area contributed by atoms with E-state index in [1.165, 1.54) is 7.11 Å². The lowest BCUT2D eigenvalue weighted by atomic mass is 9.77. The number of carbonyl (C=O) groups is 1. The van der Waals surface area contributed by atoms with Gasteiger partial charge in [-0.2, -0.15) is 5.26 Å². The lowest BCUT2D eigenvalue weighted by Gasteiger charge is -2.38. The summed E-state index contributed by atoms with van der Waals surface area (Å²) in [5.74, 6) is -1.15. The number of methoxy groups -OCH3 is 1. The van der Waals surface area contributed by atoms with E-state index in [4.69, 9.17) is 9.47 Å². The Balaban J connectivity index is 2.28. The molecule has 0 amide bonds. The predicted molar refractivity (Wildman–Crippen MR) is 103 cm³/mol. The number of carboxylic acid groups (broad SMARTS) is 1. The van der Waals surface area contributed by atoms with Crippen molar-refractivity contribution in [2.45, 2.75) is 32.9 Å². The van der Waals surface area contributed by atoms with Gasteiger partial charge < -0.3 is 25.2 Å². The molecular weight excluding hydrogens is 358 g/mol. The molecule has 0 spiro atoms. The van der Waals surface area contributed by atoms with Gasteiger partial charge in [0.15, 0.2) is 6.23 Å². The quantitative estimate of drug-likeness (QED) is 0.720. The number of allylic oxidation sites excluding steroid dienone is 2. The summed E-state index contributed by atoms with van der Waals surface area (Å²) in [6.07, 6.45) is 1.38. The number of hydrogen-bond acceptors (Lipinski definition) is 6. The minimum absolute atomic E-state index is 0.225. The maximum Gasteiger partial charge on any atom is 0.334 e. The zero-order valence-electron chi connectivity index (χ0n) is 16.3. The average Bonchev–Trinajstić information content (AvgIpc) is 2.68. The highest BCUT2D eigenvalue weighted by Crippen LogP contribution is 2.45. The fourth-order valence-corrected chi connectivity index (χ4v) is 3.75. The summed E-state index contributed by atoms with van der Waals surface area (Å²) < 4.78 is 11.4. The van der Waals surface area contributed by atoms with Gasteiger partial charge in [-0.15, -0.1) is 0 Å². The summed E-state index contributed by atoms with van der Waals surface area (Å²) in [6.45, 7) is 6.05. The van der Waals surface area contributed by atoms with Crippen molar-refractivity contribution in [3.05, 3.63) is 63.6 Å². The Hall–Kier alpha value is -3.24. The van der Waals surface area contributed by atoms with E-state index in [0.717, 1.165) is 16.8 Å². The summed E-state index contributed by atoms with van der Waals surface area (Å²) in [5, 5.41) is 25.7. The molecule has 0 aliphatic carbocycles. The number of ether oxygens (including phenoxy) is 2. The van der Waals surface area contributed by atoms with Crippen molar-refractivity contribution in [2.24, 2.45) is 0 Å². The smallest absolute Gasteiger partial charge is 0.334 e. The average molecular weight is 381 g/mol. The zero-order valence-corrected chi connectivity index (χ0v) is 16.3. The van der Waals surface area contributed by atoms with Gasteiger partial charge in [0.1, 0.15) is 5.75 Å². The van der Waals surface area contributed by atoms with Crippen LogP contribution in [0.3, 0.4) is 0 Å². The molecule has 2 heterocycles. The maximum atomic E-state index is 12.2. The van der Waals surface area contributed by atoms with E-state index in [2.05, 4.69) is 16.7 Å². The second-order valence-corrected chi connectivity index (χ2v) is 6.63. The number of rotatable bonds is 5. The van der Waals surface area contributed by atoms with E-state index in [1.807, 2.05) is 20.0 Å². The molecule has 1 aromatic carbocycles. The Kier molecular flexibility index (Phi) is 5.43. The summed E-state index contributed by atoms with van der Waals surface area (Å²) >= 11 is 0. The van der Waals surface area contributed by atoms with Crippen LogP contribution in [-0.4, -0.2) is 31.0 Å². The topological polar surface area (TPSA) is 104 Å². The molecule has 3 N–H and O–H groups in total. The number of nitriles is 1. The molecule has 0 fully saturated rings. The van der Waals surface area contributed by atoms with Gasteiger partial charge in [-0.1, -0.05) is 6.07 Å². The Morgan fingerprint density at radius 2 is 2.11 bits per heavy atom. The van der Waals surface area contributed by atoms with Gasteiger partial charge in [0.25, 0.3) is 0 Å². The van der Waals surface area contributed by atoms with E-state index in [-0.39, 0.29) is 5.57 Å². The first-order chi connectivity index (χ1) is 13.4. The molecule has 0 radical (unpaired) electrons. The van der Waals surface area contributed by atoms with Gasteiger partial charge in [0.2, 0.25) is 0 Å². The van der Waals surface area contributed by atoms with Gasteiger partial charge >= 0.3 is 5.97 Å². The second kappa shape index (κ2) is 7.79. The Morgan fingerprint density at radius 1 is 1.36 bits per heavy atom. The second-order valence-electron chi connectivity index (χ2n) is 6.63. The molecule has 0 saturated heterocycles. The molecule has 7 heteroatoms. The number of aliphatic carboxylic acids is 1. The Bertz CT molecular complexity index is 953. The van der Waals surface area contributed by atoms with Crippen LogP contribution in [0.15, 0.2) is 52.5 Å². The zero-order chi connectivity index (χ0) is 20.4. The number of nitrogens with zero attached hydrogens (tertiary/aromatic N) is 1. The molecule has 0 aromatic heterocycles. The molecule has 146 valence electrons. The molecule has 2 aliphatic rings. The molecule has 28 heavy (non-hydrogen) atoms. The van der Waals surface area contributed by atoms with Crippen LogP contribution in [0, 0.1) is 11.3 Å². The van der Waals surface area contributed by atoms with E-state index in [0.29, 0.717) is 29.2 Å². The SMILES string of the molecule is CCOC1NC=C(C)C2=C1C(c1ccc(C#N)cc1OC)C(C(=O)O)=C(C)N2. The molecule has 2 unspecified atom stereocenters. The molecule has 1 aromatic rings. The molecule has 2 atom stereocenters. The highest BCUT2D eigenvalue weighted by atomic mass is 16.5. The van der Waals surface area contributed by atoms with Crippen molar-refractivity contribution in [1.29, 1.82) is 5.26 Å². The lowest BCUT2D eigenvalue weighted by molar-refractivity contribution is -0.133. The molecule has 0 saturated carbocycles. The lowest BCUT2D eigenvalue weighted by Crippen LogP contribution is -2.42. The third kappa shape index (κ3) is 3.23. The van der Waals surface area contributed by atoms with Crippen molar-refractivity contribution in [3.8, 4) is 11.8 Å². The summed E-state index contributed by atoms with van der Waals surface area (Å²) in [4.78, 5) is 12.2. The first kappa shape index (κ1) is 19.5. The van der Waals surface area contributed by atoms with Crippen LogP contribution in [0.1, 0.15) is 37.8 Å². The summed E-state index contributed by atoms with van der Waals surface area (Å²) in [6, 6.07) is 7.14. The third-order valence-corrected chi connectivity index (χ3v) is 4.97. The monoisotopic (exact) mass is 381 g/mol. The molecule has 7 nitrogen and oxygen atoms in total. The minimum Gasteiger partial charge on any atom is -0.496 e. The van der Waals surface area contributed by atoms with Crippen LogP contribution in [0.2, 0.25) is 0 Å². The van der Waals surface area contributed by atoms with Gasteiger partial charge in [-0.3, -0.25) is 0 Å². The standard InChI is InChI=1S/C21H23N3O4/c1-5-28-20-18-17(14-7-6-13(9-22)8-15(14)27-4)16(21(25)26)12(3)24-19(18)11(2)10-23-20/h6-8,10,17,20,23-24H,5H2,1-4H3,(H,25,26). The van der Waals surface area contributed by atoms with Gasteiger partial charge in [0, 0.05) is 41.3 Å². The molecular formula is C21H23N3O4. The van der Waals surface area contributed by atoms with Crippen molar-refractivity contribution >= 4 is 5.97 Å². The maximum absolute atomic E-state index is 12.2. The van der Waals surface area contributed by atoms with Crippen LogP contribution in [0.25, 0.3) is 0 Å². The first-order valence-electron chi connectivity index (χ1n) is 9.00. The normalized spacial score (nSPS) is 21.2. The largest absolute Gasteiger partial charge is 0.496 e. The van der Waals surface area contributed by atoms with E-state index >= 15 is 0 Å². The fourth-order valence-electron chi connectivity index (χ4n) is 3.75. The van der Waals surface area contributed by atoms with Crippen molar-refractivity contribution in [2.75, 3.05) is 13.7 Å². The number of dihydropyridines is 2. The Morgan fingerprint density at radius 3 is 2.71 bits per heavy atom. The molecule has 2 aliphatic heterocycles. The van der Waals surface area contributed by atoms with Crippen LogP contribution in [0.4, 0.5) is 0 Å². The summed E-state index contributed by atoms with van der Waals surface area (Å²) in [7, 11) is 1.51. The van der Waals surface area contributed by atoms with Crippen LogP contribution < -0.4 is 15.4 Å². The van der Waals surface area contributed by atoms with E-state index in [1.54, 1.807) is 25.1 Å². The van der Waals surface area contributed by atoms with Crippen LogP contribution >= 0.6 is 0 Å². The van der Waals surface area contributed by atoms with Crippen LogP contribution in [-0.2, 0) is 9.53 Å². The fraction of sp³-hybridized carbons (Fsp3) is 0.333. The highest BCUT2D eigenvalue weighted by Gasteiger charge is 2.40. The van der Waals surface area contributed by atoms with Crippen LogP contribution in [0.5, 0.6) is 5.75 Å². The number of hydrogen-bond donors (Lipinski definition) is 3. The minimum atomic E-state index is -1.02. The van der Waals surface area contributed by atoms with Gasteiger partial charge in [-0.05, 0) is 38.5 Å². The van der Waals surface area contributed by atoms with E-state index in [9.17, 15) is 15.2 Å². The van der Waals surface area contributed by atoms with Crippen molar-refractivity contribution < 1.29 is 19.4 Å². The first-order valence-corrected chi connectivity index (χ1v) is 9.00. The number of nitrogens with one attached hydrogen (secondary N) is 2. The van der Waals surface area contributed by atoms with E-state index < -0.39 is 18.1 Å². The van der Waals surface area contributed by atoms with Gasteiger partial charge in [-0.25, -0.2) is 4.79 Å². The third-order valence-electron chi connectivity index (χ3n) is 4.97. The number of benzene rings is 1. The Labute approximate surface area is 164 Å². The van der Waals surface area contributed by atoms with Gasteiger partial charge in [0.05, 0.1) is 24.3 Å². The van der Waals surface area contributed by atoms with Crippen molar-refractivity contribution in [1.82, 2.24) is 10.6 Å². The molecule has 0 bridgehead atoms. The van der Waals surface area contributed by atoms with Crippen molar-refractivity contribution in [3.63, 3.8) is 0 Å². The highest BCUT2D eigenvalue weighted by molar-refractivity contribution is 5.91. The summed E-state index contributed by atoms with van der Waals surface area (Å²) in [5.41, 5.74) is 4.49.